The molecule has 0 aliphatic heterocycles. The van der Waals surface area contributed by atoms with E-state index in [-0.39, 0.29) is 0 Å². The molecule has 4 heterocycles. The van der Waals surface area contributed by atoms with Gasteiger partial charge >= 0.3 is 0 Å². The van der Waals surface area contributed by atoms with E-state index in [0.29, 0.717) is 5.88 Å². The van der Waals surface area contributed by atoms with E-state index in [9.17, 15) is 0 Å². The number of methoxy groups -OCH3 is 1. The van der Waals surface area contributed by atoms with Crippen LogP contribution < -0.4 is 4.74 Å². The normalized spacial score (nSPS) is 10.8. The van der Waals surface area contributed by atoms with Gasteiger partial charge in [0, 0.05) is 58.6 Å². The highest BCUT2D eigenvalue weighted by Crippen LogP contribution is 2.34. The van der Waals surface area contributed by atoms with Gasteiger partial charge in [-0.05, 0) is 24.3 Å². The number of ether oxygens (including phenoxy) is 1. The van der Waals surface area contributed by atoms with Crippen molar-refractivity contribution in [2.45, 2.75) is 0 Å². The number of aromatic amines is 1. The van der Waals surface area contributed by atoms with Gasteiger partial charge < -0.3 is 9.72 Å². The van der Waals surface area contributed by atoms with Crippen molar-refractivity contribution in [3.05, 3.63) is 61.3 Å². The Kier molecular flexibility index (Phi) is 3.24. The highest BCUT2D eigenvalue weighted by Gasteiger charge is 2.13. The molecule has 0 amide bonds. The van der Waals surface area contributed by atoms with Gasteiger partial charge in [0.2, 0.25) is 5.88 Å². The fourth-order valence-electron chi connectivity index (χ4n) is 2.68. The summed E-state index contributed by atoms with van der Waals surface area (Å²) in [7, 11) is 1.62. The van der Waals surface area contributed by atoms with E-state index in [4.69, 9.17) is 4.74 Å². The largest absolute Gasteiger partial charge is 0.481 e. The monoisotopic (exact) mass is 302 g/mol. The minimum absolute atomic E-state index is 0.597. The molecular weight excluding hydrogens is 288 g/mol. The number of hydrogen-bond acceptors (Lipinski definition) is 4. The lowest BCUT2D eigenvalue weighted by Gasteiger charge is -2.06. The molecule has 0 radical (unpaired) electrons. The van der Waals surface area contributed by atoms with Crippen LogP contribution in [0.5, 0.6) is 5.88 Å². The Morgan fingerprint density at radius 2 is 1.87 bits per heavy atom. The lowest BCUT2D eigenvalue weighted by atomic mass is 10.0. The number of fused-ring (bicyclic) bond motifs is 1. The summed E-state index contributed by atoms with van der Waals surface area (Å²) >= 11 is 0. The summed E-state index contributed by atoms with van der Waals surface area (Å²) in [5.74, 6) is 0.597. The van der Waals surface area contributed by atoms with Crippen LogP contribution in [0.1, 0.15) is 0 Å². The van der Waals surface area contributed by atoms with E-state index in [1.807, 2.05) is 42.9 Å². The minimum Gasteiger partial charge on any atom is -0.481 e. The molecule has 0 aliphatic carbocycles. The highest BCUT2D eigenvalue weighted by molar-refractivity contribution is 5.96. The number of nitrogens with one attached hydrogen (secondary N) is 1. The number of H-pyrrole nitrogens is 1. The van der Waals surface area contributed by atoms with E-state index in [2.05, 4.69) is 26.0 Å². The van der Waals surface area contributed by atoms with Crippen molar-refractivity contribution < 1.29 is 4.74 Å². The van der Waals surface area contributed by atoms with Crippen LogP contribution in [0.15, 0.2) is 61.3 Å². The Bertz CT molecular complexity index is 963. The SMILES string of the molecule is COc1ncccc1-c1c[nH]c2ncc(-c3cccnc3)cc12. The molecule has 0 saturated carbocycles. The van der Waals surface area contributed by atoms with Crippen molar-refractivity contribution in [2.75, 3.05) is 7.11 Å². The zero-order chi connectivity index (χ0) is 15.6. The highest BCUT2D eigenvalue weighted by atomic mass is 16.5. The molecule has 5 heteroatoms. The average molecular weight is 302 g/mol. The zero-order valence-electron chi connectivity index (χ0n) is 12.5. The Hall–Kier alpha value is -3.21. The van der Waals surface area contributed by atoms with Crippen molar-refractivity contribution >= 4 is 11.0 Å². The molecule has 4 aromatic heterocycles. The molecule has 0 bridgehead atoms. The predicted molar refractivity (Wildman–Crippen MR) is 89.1 cm³/mol. The molecule has 0 aromatic carbocycles. The Morgan fingerprint density at radius 3 is 2.70 bits per heavy atom. The van der Waals surface area contributed by atoms with Crippen LogP contribution in [0.3, 0.4) is 0 Å². The van der Waals surface area contributed by atoms with Crippen LogP contribution in [-0.2, 0) is 0 Å². The van der Waals surface area contributed by atoms with Crippen LogP contribution in [0.4, 0.5) is 0 Å². The number of pyridine rings is 3. The van der Waals surface area contributed by atoms with Crippen LogP contribution in [0.25, 0.3) is 33.3 Å². The standard InChI is InChI=1S/C18H14N4O/c1-23-18-14(5-3-7-20-18)16-11-22-17-15(16)8-13(10-21-17)12-4-2-6-19-9-12/h2-11H,1H3,(H,21,22). The summed E-state index contributed by atoms with van der Waals surface area (Å²) in [4.78, 5) is 16.2. The zero-order valence-corrected chi connectivity index (χ0v) is 12.5. The van der Waals surface area contributed by atoms with Gasteiger partial charge in [-0.3, -0.25) is 4.98 Å². The molecular formula is C18H14N4O. The fourth-order valence-corrected chi connectivity index (χ4v) is 2.68. The lowest BCUT2D eigenvalue weighted by Crippen LogP contribution is -1.90. The van der Waals surface area contributed by atoms with E-state index >= 15 is 0 Å². The molecule has 0 spiro atoms. The Morgan fingerprint density at radius 1 is 0.957 bits per heavy atom. The topological polar surface area (TPSA) is 63.7 Å². The molecule has 4 rings (SSSR count). The van der Waals surface area contributed by atoms with Crippen molar-refractivity contribution in [2.24, 2.45) is 0 Å². The second kappa shape index (κ2) is 5.53. The first-order valence-corrected chi connectivity index (χ1v) is 7.24. The third-order valence-electron chi connectivity index (χ3n) is 3.78. The second-order valence-corrected chi connectivity index (χ2v) is 5.12. The maximum Gasteiger partial charge on any atom is 0.221 e. The van der Waals surface area contributed by atoms with Gasteiger partial charge in [-0.2, -0.15) is 0 Å². The van der Waals surface area contributed by atoms with Crippen LogP contribution >= 0.6 is 0 Å². The number of aromatic nitrogens is 4. The predicted octanol–water partition coefficient (Wildman–Crippen LogP) is 3.70. The van der Waals surface area contributed by atoms with Gasteiger partial charge in [0.15, 0.2) is 0 Å². The smallest absolute Gasteiger partial charge is 0.221 e. The van der Waals surface area contributed by atoms with Crippen LogP contribution in [-0.4, -0.2) is 27.0 Å². The summed E-state index contributed by atoms with van der Waals surface area (Å²) in [6.45, 7) is 0. The first-order valence-electron chi connectivity index (χ1n) is 7.24. The molecule has 23 heavy (non-hydrogen) atoms. The average Bonchev–Trinajstić information content (AvgIpc) is 3.05. The maximum absolute atomic E-state index is 5.38. The summed E-state index contributed by atoms with van der Waals surface area (Å²) in [5, 5.41) is 1.03. The molecule has 0 unspecified atom stereocenters. The van der Waals surface area contributed by atoms with Gasteiger partial charge in [0.05, 0.1) is 7.11 Å². The Labute approximate surface area is 133 Å². The summed E-state index contributed by atoms with van der Waals surface area (Å²) in [6, 6.07) is 9.94. The quantitative estimate of drug-likeness (QED) is 0.627. The van der Waals surface area contributed by atoms with Gasteiger partial charge in [-0.1, -0.05) is 6.07 Å². The summed E-state index contributed by atoms with van der Waals surface area (Å²) < 4.78 is 5.38. The van der Waals surface area contributed by atoms with Crippen LogP contribution in [0.2, 0.25) is 0 Å². The summed E-state index contributed by atoms with van der Waals surface area (Å²) in [5.41, 5.74) is 4.84. The van der Waals surface area contributed by atoms with Crippen molar-refractivity contribution in [3.8, 4) is 28.1 Å². The first kappa shape index (κ1) is 13.5. The van der Waals surface area contributed by atoms with E-state index < -0.39 is 0 Å². The fraction of sp³-hybridized carbons (Fsp3) is 0.0556. The number of hydrogen-bond donors (Lipinski definition) is 1. The van der Waals surface area contributed by atoms with Gasteiger partial charge in [-0.25, -0.2) is 9.97 Å². The van der Waals surface area contributed by atoms with Crippen molar-refractivity contribution in [1.82, 2.24) is 19.9 Å². The third-order valence-corrected chi connectivity index (χ3v) is 3.78. The van der Waals surface area contributed by atoms with Gasteiger partial charge in [0.25, 0.3) is 0 Å². The molecule has 1 N–H and O–H groups in total. The third kappa shape index (κ3) is 2.32. The molecule has 0 atom stereocenters. The molecule has 0 aliphatic rings. The van der Waals surface area contributed by atoms with Crippen molar-refractivity contribution in [1.29, 1.82) is 0 Å². The molecule has 0 saturated heterocycles. The van der Waals surface area contributed by atoms with E-state index in [1.165, 1.54) is 0 Å². The maximum atomic E-state index is 5.38. The van der Waals surface area contributed by atoms with Crippen molar-refractivity contribution in [3.63, 3.8) is 0 Å². The van der Waals surface area contributed by atoms with Gasteiger partial charge in [0.1, 0.15) is 5.65 Å². The number of rotatable bonds is 3. The van der Waals surface area contributed by atoms with E-state index in [0.717, 1.165) is 33.3 Å². The van der Waals surface area contributed by atoms with Crippen LogP contribution in [0, 0.1) is 0 Å². The summed E-state index contributed by atoms with van der Waals surface area (Å²) in [6.07, 6.45) is 9.10. The lowest BCUT2D eigenvalue weighted by molar-refractivity contribution is 0.400. The molecule has 4 aromatic rings. The van der Waals surface area contributed by atoms with E-state index in [1.54, 1.807) is 19.5 Å². The number of nitrogens with zero attached hydrogens (tertiary/aromatic N) is 3. The Balaban J connectivity index is 1.92. The molecule has 112 valence electrons. The van der Waals surface area contributed by atoms with Gasteiger partial charge in [-0.15, -0.1) is 0 Å². The minimum atomic E-state index is 0.597. The second-order valence-electron chi connectivity index (χ2n) is 5.12. The molecule has 0 fully saturated rings. The first-order chi connectivity index (χ1) is 11.4. The molecule has 5 nitrogen and oxygen atoms in total.